The molecule has 1 aliphatic heterocycles. The SMILES string of the molecule is CC(C)(C)OC(=O)N1Cc2ncsc2C(O[Si](C)(C)C(C)(C)C)C1. The number of fused-ring (bicyclic) bond motifs is 1. The van der Waals surface area contributed by atoms with Gasteiger partial charge in [0.15, 0.2) is 8.32 Å². The molecule has 0 fully saturated rings. The lowest BCUT2D eigenvalue weighted by Gasteiger charge is -2.42. The molecule has 136 valence electrons. The number of carbonyl (C=O) groups excluding carboxylic acids is 1. The molecular formula is C17H30N2O3SSi. The summed E-state index contributed by atoms with van der Waals surface area (Å²) < 4.78 is 12.1. The molecule has 0 saturated heterocycles. The average Bonchev–Trinajstić information content (AvgIpc) is 2.83. The summed E-state index contributed by atoms with van der Waals surface area (Å²) in [5, 5.41) is 0.117. The Hall–Kier alpha value is -0.923. The first-order valence-electron chi connectivity index (χ1n) is 8.38. The van der Waals surface area contributed by atoms with Gasteiger partial charge in [-0.1, -0.05) is 20.8 Å². The maximum absolute atomic E-state index is 12.5. The van der Waals surface area contributed by atoms with Crippen LogP contribution < -0.4 is 0 Å². The maximum Gasteiger partial charge on any atom is 0.410 e. The Morgan fingerprint density at radius 2 is 1.92 bits per heavy atom. The van der Waals surface area contributed by atoms with Crippen LogP contribution in [-0.2, 0) is 15.7 Å². The van der Waals surface area contributed by atoms with Crippen molar-refractivity contribution < 1.29 is 14.0 Å². The molecule has 1 aromatic rings. The first kappa shape index (κ1) is 19.4. The van der Waals surface area contributed by atoms with E-state index >= 15 is 0 Å². The van der Waals surface area contributed by atoms with Gasteiger partial charge in [0.1, 0.15) is 5.60 Å². The van der Waals surface area contributed by atoms with E-state index in [1.54, 1.807) is 16.2 Å². The molecule has 24 heavy (non-hydrogen) atoms. The van der Waals surface area contributed by atoms with Crippen LogP contribution in [0.2, 0.25) is 18.1 Å². The standard InChI is InChI=1S/C17H30N2O3SSi/c1-16(2,3)21-15(20)19-9-12-14(23-11-18-12)13(10-19)22-24(7,8)17(4,5)6/h11,13H,9-10H2,1-8H3. The number of rotatable bonds is 2. The number of thiazole rings is 1. The van der Waals surface area contributed by atoms with Crippen molar-refractivity contribution in [2.75, 3.05) is 6.54 Å². The van der Waals surface area contributed by atoms with Crippen LogP contribution in [0.4, 0.5) is 4.79 Å². The second kappa shape index (κ2) is 6.42. The summed E-state index contributed by atoms with van der Waals surface area (Å²) in [5.41, 5.74) is 2.27. The molecule has 2 rings (SSSR count). The largest absolute Gasteiger partial charge is 0.444 e. The van der Waals surface area contributed by atoms with Crippen molar-refractivity contribution in [1.82, 2.24) is 9.88 Å². The molecule has 7 heteroatoms. The summed E-state index contributed by atoms with van der Waals surface area (Å²) in [7, 11) is -1.95. The van der Waals surface area contributed by atoms with Gasteiger partial charge in [-0.3, -0.25) is 4.90 Å². The third kappa shape index (κ3) is 4.37. The minimum atomic E-state index is -1.95. The van der Waals surface area contributed by atoms with Crippen molar-refractivity contribution in [3.8, 4) is 0 Å². The van der Waals surface area contributed by atoms with Crippen molar-refractivity contribution in [2.45, 2.75) is 77.9 Å². The molecule has 0 radical (unpaired) electrons. The zero-order valence-electron chi connectivity index (χ0n) is 16.1. The summed E-state index contributed by atoms with van der Waals surface area (Å²) in [5.74, 6) is 0. The first-order chi connectivity index (χ1) is 10.8. The number of carbonyl (C=O) groups is 1. The highest BCUT2D eigenvalue weighted by atomic mass is 32.1. The summed E-state index contributed by atoms with van der Waals surface area (Å²) in [4.78, 5) is 19.8. The van der Waals surface area contributed by atoms with Gasteiger partial charge in [-0.2, -0.15) is 0 Å². The number of hydrogen-bond donors (Lipinski definition) is 0. The van der Waals surface area contributed by atoms with Gasteiger partial charge in [0, 0.05) is 0 Å². The number of amides is 1. The van der Waals surface area contributed by atoms with E-state index in [9.17, 15) is 4.79 Å². The van der Waals surface area contributed by atoms with E-state index in [1.165, 1.54) is 0 Å². The quantitative estimate of drug-likeness (QED) is 0.691. The van der Waals surface area contributed by atoms with E-state index < -0.39 is 13.9 Å². The van der Waals surface area contributed by atoms with Gasteiger partial charge < -0.3 is 9.16 Å². The van der Waals surface area contributed by atoms with Gasteiger partial charge >= 0.3 is 6.09 Å². The molecule has 1 unspecified atom stereocenters. The van der Waals surface area contributed by atoms with Crippen LogP contribution in [0.3, 0.4) is 0 Å². The molecule has 2 heterocycles. The Kier molecular flexibility index (Phi) is 5.19. The number of hydrogen-bond acceptors (Lipinski definition) is 5. The molecule has 1 aliphatic rings. The highest BCUT2D eigenvalue weighted by molar-refractivity contribution is 7.09. The fraction of sp³-hybridized carbons (Fsp3) is 0.765. The Labute approximate surface area is 150 Å². The molecule has 1 aromatic heterocycles. The summed E-state index contributed by atoms with van der Waals surface area (Å²) >= 11 is 1.62. The molecule has 0 aliphatic carbocycles. The third-order valence-corrected chi connectivity index (χ3v) is 10.0. The number of aromatic nitrogens is 1. The minimum absolute atomic E-state index is 0.116. The van der Waals surface area contributed by atoms with Crippen LogP contribution in [0.5, 0.6) is 0 Å². The Morgan fingerprint density at radius 3 is 2.46 bits per heavy atom. The molecular weight excluding hydrogens is 340 g/mol. The highest BCUT2D eigenvalue weighted by Gasteiger charge is 2.42. The molecule has 0 aromatic carbocycles. The second-order valence-corrected chi connectivity index (χ2v) is 14.5. The fourth-order valence-electron chi connectivity index (χ4n) is 2.28. The number of nitrogens with zero attached hydrogens (tertiary/aromatic N) is 2. The van der Waals surface area contributed by atoms with Crippen molar-refractivity contribution in [1.29, 1.82) is 0 Å². The van der Waals surface area contributed by atoms with Crippen molar-refractivity contribution >= 4 is 25.7 Å². The lowest BCUT2D eigenvalue weighted by atomic mass is 10.1. The van der Waals surface area contributed by atoms with Gasteiger partial charge in [0.05, 0.1) is 35.3 Å². The van der Waals surface area contributed by atoms with Gasteiger partial charge in [0.25, 0.3) is 0 Å². The van der Waals surface area contributed by atoms with E-state index in [1.807, 2.05) is 26.3 Å². The van der Waals surface area contributed by atoms with E-state index in [-0.39, 0.29) is 17.2 Å². The Bertz CT molecular complexity index is 602. The zero-order chi connectivity index (χ0) is 18.3. The van der Waals surface area contributed by atoms with E-state index in [0.717, 1.165) is 10.6 Å². The normalized spacial score (nSPS) is 19.2. The lowest BCUT2D eigenvalue weighted by molar-refractivity contribution is 0.00993. The second-order valence-electron chi connectivity index (χ2n) is 8.89. The van der Waals surface area contributed by atoms with Crippen molar-refractivity contribution in [3.05, 3.63) is 16.1 Å². The summed E-state index contributed by atoms with van der Waals surface area (Å²) in [6.45, 7) is 17.8. The van der Waals surface area contributed by atoms with Crippen LogP contribution in [0, 0.1) is 0 Å². The zero-order valence-corrected chi connectivity index (χ0v) is 17.9. The van der Waals surface area contributed by atoms with Gasteiger partial charge in [0.2, 0.25) is 0 Å². The lowest BCUT2D eigenvalue weighted by Crippen LogP contribution is -2.47. The molecule has 1 amide bonds. The molecule has 5 nitrogen and oxygen atoms in total. The molecule has 0 saturated carbocycles. The van der Waals surface area contributed by atoms with E-state index in [0.29, 0.717) is 13.1 Å². The molecule has 0 bridgehead atoms. The van der Waals surface area contributed by atoms with Crippen molar-refractivity contribution in [2.24, 2.45) is 0 Å². The van der Waals surface area contributed by atoms with Gasteiger partial charge in [-0.25, -0.2) is 9.78 Å². The molecule has 0 spiro atoms. The van der Waals surface area contributed by atoms with Crippen LogP contribution in [0.1, 0.15) is 58.2 Å². The topological polar surface area (TPSA) is 51.7 Å². The van der Waals surface area contributed by atoms with Gasteiger partial charge in [-0.05, 0) is 38.9 Å². The van der Waals surface area contributed by atoms with E-state index in [2.05, 4.69) is 38.8 Å². The first-order valence-corrected chi connectivity index (χ1v) is 12.2. The minimum Gasteiger partial charge on any atom is -0.444 e. The van der Waals surface area contributed by atoms with Crippen molar-refractivity contribution in [3.63, 3.8) is 0 Å². The molecule has 1 atom stereocenters. The van der Waals surface area contributed by atoms with E-state index in [4.69, 9.17) is 9.16 Å². The van der Waals surface area contributed by atoms with Crippen LogP contribution in [-0.4, -0.2) is 36.4 Å². The van der Waals surface area contributed by atoms with Crippen LogP contribution in [0.25, 0.3) is 0 Å². The van der Waals surface area contributed by atoms with Crippen LogP contribution >= 0.6 is 11.3 Å². The van der Waals surface area contributed by atoms with Gasteiger partial charge in [-0.15, -0.1) is 11.3 Å². The monoisotopic (exact) mass is 370 g/mol. The highest BCUT2D eigenvalue weighted by Crippen LogP contribution is 2.42. The Balaban J connectivity index is 2.22. The fourth-order valence-corrected chi connectivity index (χ4v) is 4.44. The Morgan fingerprint density at radius 1 is 1.29 bits per heavy atom. The summed E-state index contributed by atoms with van der Waals surface area (Å²) in [6, 6.07) is 0. The molecule has 0 N–H and O–H groups in total. The number of ether oxygens (including phenoxy) is 1. The average molecular weight is 371 g/mol. The third-order valence-electron chi connectivity index (χ3n) is 4.59. The smallest absolute Gasteiger partial charge is 0.410 e. The predicted molar refractivity (Wildman–Crippen MR) is 99.8 cm³/mol. The summed E-state index contributed by atoms with van der Waals surface area (Å²) in [6.07, 6.45) is -0.417. The maximum atomic E-state index is 12.5. The van der Waals surface area contributed by atoms with Crippen LogP contribution in [0.15, 0.2) is 5.51 Å². The predicted octanol–water partition coefficient (Wildman–Crippen LogP) is 4.96.